The molecule has 0 aliphatic carbocycles. The molecule has 0 fully saturated rings. The Labute approximate surface area is 91.9 Å². The lowest BCUT2D eigenvalue weighted by Crippen LogP contribution is -1.98. The molecule has 2 heterocycles. The van der Waals surface area contributed by atoms with E-state index in [1.54, 1.807) is 10.9 Å². The zero-order chi connectivity index (χ0) is 11.1. The first-order chi connectivity index (χ1) is 7.75. The zero-order valence-corrected chi connectivity index (χ0v) is 8.81. The van der Waals surface area contributed by atoms with Crippen LogP contribution in [-0.4, -0.2) is 19.7 Å². The van der Waals surface area contributed by atoms with Gasteiger partial charge in [0.1, 0.15) is 11.6 Å². The summed E-state index contributed by atoms with van der Waals surface area (Å²) in [6, 6.07) is 7.87. The maximum absolute atomic E-state index is 5.90. The van der Waals surface area contributed by atoms with Crippen LogP contribution in [-0.2, 0) is 7.05 Å². The molecular weight excluding hydrogens is 202 g/mol. The summed E-state index contributed by atoms with van der Waals surface area (Å²) in [5.74, 6) is 1.37. The maximum Gasteiger partial charge on any atom is 0.143 e. The predicted molar refractivity (Wildman–Crippen MR) is 62.7 cm³/mol. The van der Waals surface area contributed by atoms with Crippen molar-refractivity contribution in [2.75, 3.05) is 5.73 Å². The van der Waals surface area contributed by atoms with Crippen molar-refractivity contribution in [1.29, 1.82) is 0 Å². The highest BCUT2D eigenvalue weighted by atomic mass is 15.3. The fraction of sp³-hybridized carbons (Fsp3) is 0.0909. The number of hydrogen-bond acceptors (Lipinski definition) is 3. The van der Waals surface area contributed by atoms with Crippen molar-refractivity contribution >= 4 is 16.9 Å². The predicted octanol–water partition coefficient (Wildman–Crippen LogP) is 1.55. The first-order valence-corrected chi connectivity index (χ1v) is 4.98. The maximum atomic E-state index is 5.90. The summed E-state index contributed by atoms with van der Waals surface area (Å²) in [7, 11) is 1.81. The first kappa shape index (κ1) is 8.96. The molecule has 0 radical (unpaired) electrons. The van der Waals surface area contributed by atoms with Crippen molar-refractivity contribution in [3.05, 3.63) is 30.5 Å². The van der Waals surface area contributed by atoms with E-state index in [-0.39, 0.29) is 0 Å². The number of hydrogen-bond donors (Lipinski definition) is 2. The van der Waals surface area contributed by atoms with Crippen LogP contribution in [0.25, 0.3) is 22.4 Å². The molecule has 0 amide bonds. The number of aromatic amines is 1. The average Bonchev–Trinajstić information content (AvgIpc) is 2.84. The molecule has 3 N–H and O–H groups in total. The van der Waals surface area contributed by atoms with Crippen LogP contribution in [0, 0.1) is 0 Å². The lowest BCUT2D eigenvalue weighted by molar-refractivity contribution is 0.779. The van der Waals surface area contributed by atoms with Gasteiger partial charge in [0.05, 0.1) is 22.8 Å². The second-order valence-electron chi connectivity index (χ2n) is 3.67. The van der Waals surface area contributed by atoms with Crippen molar-refractivity contribution in [1.82, 2.24) is 19.7 Å². The van der Waals surface area contributed by atoms with E-state index in [0.717, 1.165) is 22.4 Å². The van der Waals surface area contributed by atoms with Crippen LogP contribution in [0.1, 0.15) is 0 Å². The Kier molecular flexibility index (Phi) is 1.73. The number of rotatable bonds is 1. The molecule has 0 saturated heterocycles. The van der Waals surface area contributed by atoms with Crippen molar-refractivity contribution in [3.63, 3.8) is 0 Å². The lowest BCUT2D eigenvalue weighted by atomic mass is 10.3. The lowest BCUT2D eigenvalue weighted by Gasteiger charge is -1.95. The highest BCUT2D eigenvalue weighted by molar-refractivity contribution is 5.81. The number of nitrogen functional groups attached to an aromatic ring is 1. The molecule has 0 saturated carbocycles. The van der Waals surface area contributed by atoms with Crippen molar-refractivity contribution in [2.24, 2.45) is 7.05 Å². The Morgan fingerprint density at radius 1 is 1.31 bits per heavy atom. The quantitative estimate of drug-likeness (QED) is 0.644. The second-order valence-corrected chi connectivity index (χ2v) is 3.67. The number of nitrogens with two attached hydrogens (primary N) is 1. The van der Waals surface area contributed by atoms with E-state index in [4.69, 9.17) is 5.73 Å². The molecule has 80 valence electrons. The summed E-state index contributed by atoms with van der Waals surface area (Å²) in [4.78, 5) is 7.69. The normalized spacial score (nSPS) is 11.1. The monoisotopic (exact) mass is 213 g/mol. The van der Waals surface area contributed by atoms with Gasteiger partial charge in [-0.1, -0.05) is 12.1 Å². The number of aromatic nitrogens is 4. The summed E-state index contributed by atoms with van der Waals surface area (Å²) in [5.41, 5.74) is 8.66. The fourth-order valence-electron chi connectivity index (χ4n) is 1.71. The van der Waals surface area contributed by atoms with Gasteiger partial charge in [-0.25, -0.2) is 4.98 Å². The molecule has 3 aromatic rings. The number of fused-ring (bicyclic) bond motifs is 1. The van der Waals surface area contributed by atoms with E-state index in [1.807, 2.05) is 31.3 Å². The van der Waals surface area contributed by atoms with Crippen LogP contribution in [0.4, 0.5) is 5.82 Å². The van der Waals surface area contributed by atoms with Gasteiger partial charge in [0.25, 0.3) is 0 Å². The van der Waals surface area contributed by atoms with E-state index in [1.165, 1.54) is 0 Å². The molecule has 3 rings (SSSR count). The van der Waals surface area contributed by atoms with Crippen LogP contribution < -0.4 is 5.73 Å². The van der Waals surface area contributed by atoms with Gasteiger partial charge in [0.2, 0.25) is 0 Å². The fourth-order valence-corrected chi connectivity index (χ4v) is 1.71. The molecule has 0 bridgehead atoms. The third-order valence-corrected chi connectivity index (χ3v) is 2.63. The Balaban J connectivity index is 2.23. The van der Waals surface area contributed by atoms with Gasteiger partial charge in [-0.2, -0.15) is 5.10 Å². The Hall–Kier alpha value is -2.30. The highest BCUT2D eigenvalue weighted by Crippen LogP contribution is 2.24. The molecule has 5 nitrogen and oxygen atoms in total. The number of benzene rings is 1. The Morgan fingerprint density at radius 3 is 2.81 bits per heavy atom. The minimum Gasteiger partial charge on any atom is -0.383 e. The van der Waals surface area contributed by atoms with E-state index >= 15 is 0 Å². The molecular formula is C11H11N5. The van der Waals surface area contributed by atoms with Gasteiger partial charge >= 0.3 is 0 Å². The third kappa shape index (κ3) is 1.18. The molecule has 0 aliphatic rings. The number of anilines is 1. The SMILES string of the molecule is Cn1ncc(-c2nc3ccccc3[nH]2)c1N. The van der Waals surface area contributed by atoms with E-state index in [2.05, 4.69) is 15.1 Å². The zero-order valence-electron chi connectivity index (χ0n) is 8.81. The summed E-state index contributed by atoms with van der Waals surface area (Å²) in [5, 5.41) is 4.09. The van der Waals surface area contributed by atoms with Crippen molar-refractivity contribution in [3.8, 4) is 11.4 Å². The Morgan fingerprint density at radius 2 is 2.12 bits per heavy atom. The van der Waals surface area contributed by atoms with Crippen LogP contribution >= 0.6 is 0 Å². The van der Waals surface area contributed by atoms with E-state index in [9.17, 15) is 0 Å². The van der Waals surface area contributed by atoms with Crippen LogP contribution in [0.2, 0.25) is 0 Å². The smallest absolute Gasteiger partial charge is 0.143 e. The molecule has 16 heavy (non-hydrogen) atoms. The summed E-state index contributed by atoms with van der Waals surface area (Å²) >= 11 is 0. The summed E-state index contributed by atoms with van der Waals surface area (Å²) < 4.78 is 1.63. The van der Waals surface area contributed by atoms with Gasteiger partial charge in [-0.3, -0.25) is 4.68 Å². The van der Waals surface area contributed by atoms with Gasteiger partial charge in [0, 0.05) is 7.05 Å². The highest BCUT2D eigenvalue weighted by Gasteiger charge is 2.11. The van der Waals surface area contributed by atoms with Gasteiger partial charge in [-0.15, -0.1) is 0 Å². The molecule has 0 unspecified atom stereocenters. The van der Waals surface area contributed by atoms with Gasteiger partial charge in [-0.05, 0) is 12.1 Å². The number of nitrogens with zero attached hydrogens (tertiary/aromatic N) is 3. The Bertz CT molecular complexity index is 616. The topological polar surface area (TPSA) is 72.5 Å². The number of imidazole rings is 1. The van der Waals surface area contributed by atoms with Crippen LogP contribution in [0.3, 0.4) is 0 Å². The molecule has 0 atom stereocenters. The average molecular weight is 213 g/mol. The third-order valence-electron chi connectivity index (χ3n) is 2.63. The van der Waals surface area contributed by atoms with Crippen molar-refractivity contribution < 1.29 is 0 Å². The van der Waals surface area contributed by atoms with Crippen LogP contribution in [0.15, 0.2) is 30.5 Å². The number of nitrogens with one attached hydrogen (secondary N) is 1. The minimum atomic E-state index is 0.610. The van der Waals surface area contributed by atoms with Crippen LogP contribution in [0.5, 0.6) is 0 Å². The molecule has 0 spiro atoms. The largest absolute Gasteiger partial charge is 0.383 e. The van der Waals surface area contributed by atoms with Crippen molar-refractivity contribution in [2.45, 2.75) is 0 Å². The van der Waals surface area contributed by atoms with Gasteiger partial charge < -0.3 is 10.7 Å². The standard InChI is InChI=1S/C11H11N5/c1-16-10(12)7(6-13-16)11-14-8-4-2-3-5-9(8)15-11/h2-6H,12H2,1H3,(H,14,15). The summed E-state index contributed by atoms with van der Waals surface area (Å²) in [6.07, 6.45) is 1.72. The van der Waals surface area contributed by atoms with E-state index in [0.29, 0.717) is 5.82 Å². The molecule has 0 aliphatic heterocycles. The molecule has 2 aromatic heterocycles. The van der Waals surface area contributed by atoms with E-state index < -0.39 is 0 Å². The number of H-pyrrole nitrogens is 1. The van der Waals surface area contributed by atoms with Gasteiger partial charge in [0.15, 0.2) is 0 Å². The minimum absolute atomic E-state index is 0.610. The second kappa shape index (κ2) is 3.10. The molecule has 1 aromatic carbocycles. The molecule has 5 heteroatoms. The summed E-state index contributed by atoms with van der Waals surface area (Å²) in [6.45, 7) is 0. The first-order valence-electron chi connectivity index (χ1n) is 4.98. The number of aryl methyl sites for hydroxylation is 1. The number of para-hydroxylation sites is 2.